The molecule has 0 aromatic heterocycles. The number of hydrogen-bond acceptors (Lipinski definition) is 4. The monoisotopic (exact) mass is 487 g/mol. The number of nitrogens with zero attached hydrogens (tertiary/aromatic N) is 1. The largest absolute Gasteiger partial charge is 0.477 e. The average molecular weight is 488 g/mol. The molecule has 33 heavy (non-hydrogen) atoms. The van der Waals surface area contributed by atoms with Gasteiger partial charge < -0.3 is 14.4 Å². The van der Waals surface area contributed by atoms with Crippen LogP contribution in [0.5, 0.6) is 0 Å². The predicted octanol–water partition coefficient (Wildman–Crippen LogP) is 6.27. The van der Waals surface area contributed by atoms with Crippen molar-refractivity contribution in [2.75, 3.05) is 6.54 Å². The van der Waals surface area contributed by atoms with Crippen LogP contribution in [-0.4, -0.2) is 28.9 Å². The molecule has 0 spiro atoms. The fourth-order valence-corrected chi connectivity index (χ4v) is 4.27. The lowest BCUT2D eigenvalue weighted by atomic mass is 9.92. The minimum absolute atomic E-state index is 0.0277. The zero-order chi connectivity index (χ0) is 23.8. The Morgan fingerprint density at radius 2 is 1.79 bits per heavy atom. The zero-order valence-corrected chi connectivity index (χ0v) is 20.4. The van der Waals surface area contributed by atoms with Crippen molar-refractivity contribution in [3.63, 3.8) is 0 Å². The first-order valence-electron chi connectivity index (χ1n) is 11.0. The summed E-state index contributed by atoms with van der Waals surface area (Å²) in [5.74, 6) is -0.539. The average Bonchev–Trinajstić information content (AvgIpc) is 3.54. The summed E-state index contributed by atoms with van der Waals surface area (Å²) in [4.78, 5) is 27.9. The van der Waals surface area contributed by atoms with Crippen molar-refractivity contribution in [3.05, 3.63) is 81.5 Å². The highest BCUT2D eigenvalue weighted by Crippen LogP contribution is 2.45. The van der Waals surface area contributed by atoms with Crippen molar-refractivity contribution in [2.24, 2.45) is 5.92 Å². The Morgan fingerprint density at radius 3 is 2.39 bits per heavy atom. The van der Waals surface area contributed by atoms with Crippen molar-refractivity contribution in [1.29, 1.82) is 0 Å². The molecule has 5 nitrogen and oxygen atoms in total. The second-order valence-corrected chi connectivity index (χ2v) is 10.4. The van der Waals surface area contributed by atoms with Gasteiger partial charge in [-0.1, -0.05) is 47.5 Å². The predicted molar refractivity (Wildman–Crippen MR) is 128 cm³/mol. The van der Waals surface area contributed by atoms with Crippen molar-refractivity contribution in [1.82, 2.24) is 4.90 Å². The van der Waals surface area contributed by atoms with Crippen LogP contribution in [0.1, 0.15) is 56.9 Å². The van der Waals surface area contributed by atoms with Gasteiger partial charge in [0.05, 0.1) is 12.1 Å². The highest BCUT2D eigenvalue weighted by atomic mass is 35.5. The molecule has 7 heteroatoms. The molecule has 1 saturated heterocycles. The summed E-state index contributed by atoms with van der Waals surface area (Å²) in [6.45, 7) is 5.91. The Hall–Kier alpha value is -2.50. The highest BCUT2D eigenvalue weighted by molar-refractivity contribution is 6.30. The van der Waals surface area contributed by atoms with E-state index in [0.29, 0.717) is 22.5 Å². The molecular formula is C26H27Cl2NO4. The number of esters is 1. The number of morpholine rings is 1. The maximum absolute atomic E-state index is 13.6. The molecule has 1 amide bonds. The normalized spacial score (nSPS) is 22.3. The van der Waals surface area contributed by atoms with Crippen LogP contribution in [0.25, 0.3) is 0 Å². The van der Waals surface area contributed by atoms with E-state index in [-0.39, 0.29) is 11.7 Å². The zero-order valence-electron chi connectivity index (χ0n) is 18.9. The molecule has 1 heterocycles. The van der Waals surface area contributed by atoms with E-state index < -0.39 is 23.7 Å². The Balaban J connectivity index is 1.78. The van der Waals surface area contributed by atoms with Gasteiger partial charge in [0.25, 0.3) is 5.91 Å². The fourth-order valence-electron chi connectivity index (χ4n) is 3.94. The number of amides is 1. The highest BCUT2D eigenvalue weighted by Gasteiger charge is 2.44. The Bertz CT molecular complexity index is 1070. The Labute approximate surface area is 204 Å². The maximum Gasteiger partial charge on any atom is 0.335 e. The van der Waals surface area contributed by atoms with Crippen LogP contribution >= 0.6 is 23.2 Å². The molecule has 2 aliphatic rings. The van der Waals surface area contributed by atoms with Crippen LogP contribution in [0.2, 0.25) is 10.0 Å². The molecule has 2 fully saturated rings. The number of carbonyl (C=O) groups is 2. The fraction of sp³-hybridized carbons (Fsp3) is 0.385. The van der Waals surface area contributed by atoms with Crippen LogP contribution in [0.4, 0.5) is 0 Å². The lowest BCUT2D eigenvalue weighted by Crippen LogP contribution is -2.45. The van der Waals surface area contributed by atoms with Gasteiger partial charge in [0.15, 0.2) is 5.76 Å². The molecule has 0 N–H and O–H groups in total. The van der Waals surface area contributed by atoms with Crippen molar-refractivity contribution < 1.29 is 19.1 Å². The second-order valence-electron chi connectivity index (χ2n) is 9.53. The molecule has 0 unspecified atom stereocenters. The Kier molecular flexibility index (Phi) is 6.73. The summed E-state index contributed by atoms with van der Waals surface area (Å²) >= 11 is 12.4. The smallest absolute Gasteiger partial charge is 0.335 e. The van der Waals surface area contributed by atoms with E-state index in [2.05, 4.69) is 0 Å². The van der Waals surface area contributed by atoms with Gasteiger partial charge in [-0.15, -0.1) is 0 Å². The molecule has 2 aromatic rings. The molecule has 1 aliphatic carbocycles. The van der Waals surface area contributed by atoms with Gasteiger partial charge in [-0.3, -0.25) is 4.79 Å². The van der Waals surface area contributed by atoms with E-state index in [1.54, 1.807) is 39.0 Å². The van der Waals surface area contributed by atoms with E-state index >= 15 is 0 Å². The standard InChI is InChI=1S/C26H27Cl2NO4/c1-26(2,3)33-22(30)14-21-25(31)29(15-16-7-8-16)23(17-9-11-19(27)12-10-17)24(32-21)18-5-4-6-20(28)13-18/h4-6,9-14,16,23-24H,7-8,15H2,1-3H3/t23-,24-/m1/s1. The lowest BCUT2D eigenvalue weighted by molar-refractivity contribution is -0.153. The molecule has 174 valence electrons. The van der Waals surface area contributed by atoms with E-state index in [4.69, 9.17) is 32.7 Å². The van der Waals surface area contributed by atoms with Gasteiger partial charge in [0.2, 0.25) is 0 Å². The third-order valence-corrected chi connectivity index (χ3v) is 6.03. The van der Waals surface area contributed by atoms with Crippen LogP contribution in [0.15, 0.2) is 60.4 Å². The van der Waals surface area contributed by atoms with Gasteiger partial charge in [-0.2, -0.15) is 0 Å². The molecule has 0 bridgehead atoms. The molecule has 1 aliphatic heterocycles. The molecule has 2 atom stereocenters. The second kappa shape index (κ2) is 9.40. The third kappa shape index (κ3) is 5.90. The number of halogens is 2. The van der Waals surface area contributed by atoms with E-state index in [9.17, 15) is 9.59 Å². The van der Waals surface area contributed by atoms with Crippen LogP contribution < -0.4 is 0 Å². The van der Waals surface area contributed by atoms with Crippen molar-refractivity contribution >= 4 is 35.1 Å². The summed E-state index contributed by atoms with van der Waals surface area (Å²) in [5, 5.41) is 1.18. The summed E-state index contributed by atoms with van der Waals surface area (Å²) in [7, 11) is 0. The first kappa shape index (κ1) is 23.7. The molecule has 1 saturated carbocycles. The van der Waals surface area contributed by atoms with Crippen molar-refractivity contribution in [3.8, 4) is 0 Å². The number of ether oxygens (including phenoxy) is 2. The van der Waals surface area contributed by atoms with Gasteiger partial charge in [0, 0.05) is 16.6 Å². The summed E-state index contributed by atoms with van der Waals surface area (Å²) in [6.07, 6.45) is 2.74. The SMILES string of the molecule is CC(C)(C)OC(=O)C=C1O[C@H](c2cccc(Cl)c2)[C@@H](c2ccc(Cl)cc2)N(CC2CC2)C1=O. The molecule has 2 aromatic carbocycles. The van der Waals surface area contributed by atoms with Gasteiger partial charge in [-0.05, 0) is 74.9 Å². The number of hydrogen-bond donors (Lipinski definition) is 0. The third-order valence-electron chi connectivity index (χ3n) is 5.54. The topological polar surface area (TPSA) is 55.8 Å². The van der Waals surface area contributed by atoms with E-state index in [0.717, 1.165) is 30.0 Å². The van der Waals surface area contributed by atoms with E-state index in [1.165, 1.54) is 0 Å². The minimum Gasteiger partial charge on any atom is -0.477 e. The first-order valence-corrected chi connectivity index (χ1v) is 11.8. The number of rotatable bonds is 5. The summed E-state index contributed by atoms with van der Waals surface area (Å²) in [5.41, 5.74) is 1.03. The van der Waals surface area contributed by atoms with Gasteiger partial charge in [-0.25, -0.2) is 4.79 Å². The molecule has 4 rings (SSSR count). The minimum atomic E-state index is -0.683. The number of carbonyl (C=O) groups excluding carboxylic acids is 2. The quantitative estimate of drug-likeness (QED) is 0.368. The first-order chi connectivity index (χ1) is 15.6. The van der Waals surface area contributed by atoms with Crippen LogP contribution in [0, 0.1) is 5.92 Å². The van der Waals surface area contributed by atoms with Crippen molar-refractivity contribution in [2.45, 2.75) is 51.4 Å². The van der Waals surface area contributed by atoms with Gasteiger partial charge in [0.1, 0.15) is 11.7 Å². The molecule has 0 radical (unpaired) electrons. The Morgan fingerprint density at radius 1 is 1.09 bits per heavy atom. The summed E-state index contributed by atoms with van der Waals surface area (Å²) < 4.78 is 11.6. The lowest BCUT2D eigenvalue weighted by Gasteiger charge is -2.42. The molecular weight excluding hydrogens is 461 g/mol. The van der Waals surface area contributed by atoms with Crippen LogP contribution in [-0.2, 0) is 19.1 Å². The summed E-state index contributed by atoms with van der Waals surface area (Å²) in [6, 6.07) is 14.4. The van der Waals surface area contributed by atoms with Gasteiger partial charge >= 0.3 is 5.97 Å². The van der Waals surface area contributed by atoms with Crippen LogP contribution in [0.3, 0.4) is 0 Å². The maximum atomic E-state index is 13.6. The van der Waals surface area contributed by atoms with E-state index in [1.807, 2.05) is 35.2 Å². The number of benzene rings is 2.